The second-order valence-corrected chi connectivity index (χ2v) is 6.18. The summed E-state index contributed by atoms with van der Waals surface area (Å²) in [6.45, 7) is 9.14. The lowest BCUT2D eigenvalue weighted by molar-refractivity contribution is 0.447. The maximum absolute atomic E-state index is 6.06. The molecule has 1 aliphatic heterocycles. The zero-order chi connectivity index (χ0) is 13.8. The van der Waals surface area contributed by atoms with E-state index in [-0.39, 0.29) is 0 Å². The van der Waals surface area contributed by atoms with Crippen molar-refractivity contribution >= 4 is 5.69 Å². The number of nitrogens with zero attached hydrogens (tertiary/aromatic N) is 1. The Morgan fingerprint density at radius 1 is 1.42 bits per heavy atom. The van der Waals surface area contributed by atoms with Gasteiger partial charge in [-0.3, -0.25) is 0 Å². The molecule has 0 radical (unpaired) electrons. The highest BCUT2D eigenvalue weighted by atomic mass is 15.1. The maximum Gasteiger partial charge on any atom is 0.0369 e. The van der Waals surface area contributed by atoms with Crippen LogP contribution in [0.25, 0.3) is 0 Å². The van der Waals surface area contributed by atoms with Gasteiger partial charge < -0.3 is 10.6 Å². The van der Waals surface area contributed by atoms with Gasteiger partial charge in [-0.05, 0) is 61.8 Å². The minimum Gasteiger partial charge on any atom is -0.371 e. The first-order valence-electron chi connectivity index (χ1n) is 7.70. The average Bonchev–Trinajstić information content (AvgIpc) is 2.41. The van der Waals surface area contributed by atoms with E-state index in [0.717, 1.165) is 18.8 Å². The number of hydrogen-bond donors (Lipinski definition) is 1. The van der Waals surface area contributed by atoms with Crippen molar-refractivity contribution in [3.63, 3.8) is 0 Å². The van der Waals surface area contributed by atoms with Crippen molar-refractivity contribution in [2.75, 3.05) is 18.0 Å². The van der Waals surface area contributed by atoms with Crippen LogP contribution in [0.5, 0.6) is 0 Å². The highest BCUT2D eigenvalue weighted by Gasteiger charge is 2.17. The molecule has 2 atom stereocenters. The first kappa shape index (κ1) is 14.4. The van der Waals surface area contributed by atoms with Gasteiger partial charge in [0.2, 0.25) is 0 Å². The number of rotatable bonds is 4. The van der Waals surface area contributed by atoms with Crippen molar-refractivity contribution < 1.29 is 0 Å². The molecule has 1 aromatic rings. The van der Waals surface area contributed by atoms with Crippen molar-refractivity contribution in [1.82, 2.24) is 0 Å². The summed E-state index contributed by atoms with van der Waals surface area (Å²) < 4.78 is 0. The number of benzene rings is 1. The molecule has 1 saturated heterocycles. The van der Waals surface area contributed by atoms with Crippen LogP contribution in [0.3, 0.4) is 0 Å². The molecule has 1 fully saturated rings. The average molecular weight is 260 g/mol. The predicted octanol–water partition coefficient (Wildman–Crippen LogP) is 3.51. The Bertz CT molecular complexity index is 414. The molecule has 0 spiro atoms. The normalized spacial score (nSPS) is 21.5. The Morgan fingerprint density at radius 2 is 2.21 bits per heavy atom. The maximum atomic E-state index is 6.06. The fraction of sp³-hybridized carbons (Fsp3) is 0.647. The number of hydrogen-bond acceptors (Lipinski definition) is 2. The SMILES string of the molecule is CCC(N)Cc1ccc(N2CCCC(C)C2)cc1C. The quantitative estimate of drug-likeness (QED) is 0.897. The minimum atomic E-state index is 0.291. The Kier molecular flexibility index (Phi) is 4.87. The molecule has 106 valence electrons. The van der Waals surface area contributed by atoms with Crippen molar-refractivity contribution in [3.05, 3.63) is 29.3 Å². The summed E-state index contributed by atoms with van der Waals surface area (Å²) >= 11 is 0. The smallest absolute Gasteiger partial charge is 0.0369 e. The number of aryl methyl sites for hydroxylation is 1. The molecule has 2 N–H and O–H groups in total. The molecule has 0 saturated carbocycles. The Balaban J connectivity index is 2.09. The van der Waals surface area contributed by atoms with Crippen molar-refractivity contribution in [2.24, 2.45) is 11.7 Å². The summed E-state index contributed by atoms with van der Waals surface area (Å²) in [6.07, 6.45) is 4.74. The monoisotopic (exact) mass is 260 g/mol. The summed E-state index contributed by atoms with van der Waals surface area (Å²) in [4.78, 5) is 2.53. The summed E-state index contributed by atoms with van der Waals surface area (Å²) in [5, 5.41) is 0. The molecule has 2 rings (SSSR count). The lowest BCUT2D eigenvalue weighted by atomic mass is 9.97. The summed E-state index contributed by atoms with van der Waals surface area (Å²) in [5.41, 5.74) is 10.2. The molecule has 0 aromatic heterocycles. The van der Waals surface area contributed by atoms with E-state index < -0.39 is 0 Å². The molecule has 0 bridgehead atoms. The van der Waals surface area contributed by atoms with Crippen molar-refractivity contribution in [3.8, 4) is 0 Å². The highest BCUT2D eigenvalue weighted by molar-refractivity contribution is 5.51. The van der Waals surface area contributed by atoms with Crippen LogP contribution in [0.1, 0.15) is 44.2 Å². The Labute approximate surface area is 118 Å². The molecule has 2 nitrogen and oxygen atoms in total. The molecule has 19 heavy (non-hydrogen) atoms. The molecule has 0 aliphatic carbocycles. The van der Waals surface area contributed by atoms with Gasteiger partial charge in [-0.2, -0.15) is 0 Å². The van der Waals surface area contributed by atoms with Crippen LogP contribution in [-0.4, -0.2) is 19.1 Å². The van der Waals surface area contributed by atoms with Gasteiger partial charge in [0, 0.05) is 24.8 Å². The van der Waals surface area contributed by atoms with Crippen LogP contribution in [0.4, 0.5) is 5.69 Å². The lowest BCUT2D eigenvalue weighted by Crippen LogP contribution is -2.34. The van der Waals surface area contributed by atoms with E-state index in [1.54, 1.807) is 0 Å². The number of piperidine rings is 1. The van der Waals surface area contributed by atoms with Gasteiger partial charge in [-0.25, -0.2) is 0 Å². The molecule has 1 aromatic carbocycles. The van der Waals surface area contributed by atoms with Crippen LogP contribution in [0, 0.1) is 12.8 Å². The predicted molar refractivity (Wildman–Crippen MR) is 83.8 cm³/mol. The fourth-order valence-electron chi connectivity index (χ4n) is 2.96. The third-order valence-corrected chi connectivity index (χ3v) is 4.35. The minimum absolute atomic E-state index is 0.291. The largest absolute Gasteiger partial charge is 0.371 e. The number of nitrogens with two attached hydrogens (primary N) is 1. The van der Waals surface area contributed by atoms with Gasteiger partial charge in [-0.1, -0.05) is 19.9 Å². The van der Waals surface area contributed by atoms with E-state index in [1.165, 1.54) is 42.7 Å². The zero-order valence-corrected chi connectivity index (χ0v) is 12.7. The summed E-state index contributed by atoms with van der Waals surface area (Å²) in [6, 6.07) is 7.19. The molecule has 1 heterocycles. The molecule has 2 unspecified atom stereocenters. The lowest BCUT2D eigenvalue weighted by Gasteiger charge is -2.33. The zero-order valence-electron chi connectivity index (χ0n) is 12.7. The molecule has 1 aliphatic rings. The Hall–Kier alpha value is -1.02. The van der Waals surface area contributed by atoms with E-state index in [1.807, 2.05) is 0 Å². The molecular formula is C17H28N2. The Morgan fingerprint density at radius 3 is 2.84 bits per heavy atom. The second-order valence-electron chi connectivity index (χ2n) is 6.18. The van der Waals surface area contributed by atoms with E-state index in [9.17, 15) is 0 Å². The fourth-order valence-corrected chi connectivity index (χ4v) is 2.96. The molecule has 2 heteroatoms. The summed E-state index contributed by atoms with van der Waals surface area (Å²) in [7, 11) is 0. The third-order valence-electron chi connectivity index (χ3n) is 4.35. The summed E-state index contributed by atoms with van der Waals surface area (Å²) in [5.74, 6) is 0.822. The molecule has 0 amide bonds. The van der Waals surface area contributed by atoms with Crippen LogP contribution in [-0.2, 0) is 6.42 Å². The highest BCUT2D eigenvalue weighted by Crippen LogP contribution is 2.25. The van der Waals surface area contributed by atoms with E-state index in [0.29, 0.717) is 6.04 Å². The third kappa shape index (κ3) is 3.73. The van der Waals surface area contributed by atoms with Gasteiger partial charge in [-0.15, -0.1) is 0 Å². The van der Waals surface area contributed by atoms with Crippen molar-refractivity contribution in [1.29, 1.82) is 0 Å². The second kappa shape index (κ2) is 6.42. The van der Waals surface area contributed by atoms with Gasteiger partial charge in [0.1, 0.15) is 0 Å². The standard InChI is InChI=1S/C17H28N2/c1-4-16(18)11-15-7-8-17(10-14(15)3)19-9-5-6-13(2)12-19/h7-8,10,13,16H,4-6,9,11-12,18H2,1-3H3. The van der Waals surface area contributed by atoms with Crippen LogP contribution in [0.15, 0.2) is 18.2 Å². The van der Waals surface area contributed by atoms with Crippen LogP contribution in [0.2, 0.25) is 0 Å². The first-order chi connectivity index (χ1) is 9.10. The van der Waals surface area contributed by atoms with Gasteiger partial charge >= 0.3 is 0 Å². The van der Waals surface area contributed by atoms with Gasteiger partial charge in [0.05, 0.1) is 0 Å². The topological polar surface area (TPSA) is 29.3 Å². The van der Waals surface area contributed by atoms with E-state index in [2.05, 4.69) is 43.9 Å². The number of anilines is 1. The van der Waals surface area contributed by atoms with E-state index >= 15 is 0 Å². The van der Waals surface area contributed by atoms with Gasteiger partial charge in [0.15, 0.2) is 0 Å². The van der Waals surface area contributed by atoms with Crippen molar-refractivity contribution in [2.45, 2.75) is 52.5 Å². The first-order valence-corrected chi connectivity index (χ1v) is 7.70. The molecular weight excluding hydrogens is 232 g/mol. The van der Waals surface area contributed by atoms with Gasteiger partial charge in [0.25, 0.3) is 0 Å². The van der Waals surface area contributed by atoms with Crippen LogP contribution < -0.4 is 10.6 Å². The van der Waals surface area contributed by atoms with E-state index in [4.69, 9.17) is 5.73 Å². The van der Waals surface area contributed by atoms with Crippen LogP contribution >= 0.6 is 0 Å².